The van der Waals surface area contributed by atoms with Gasteiger partial charge in [-0.2, -0.15) is 0 Å². The molecule has 0 atom stereocenters. The van der Waals surface area contributed by atoms with Gasteiger partial charge in [0.15, 0.2) is 0 Å². The molecule has 102 valence electrons. The van der Waals surface area contributed by atoms with E-state index < -0.39 is 0 Å². The van der Waals surface area contributed by atoms with E-state index in [9.17, 15) is 4.39 Å². The van der Waals surface area contributed by atoms with Gasteiger partial charge in [-0.15, -0.1) is 0 Å². The van der Waals surface area contributed by atoms with Gasteiger partial charge in [0.1, 0.15) is 5.82 Å². The summed E-state index contributed by atoms with van der Waals surface area (Å²) in [6.07, 6.45) is 1.94. The van der Waals surface area contributed by atoms with Crippen LogP contribution in [0, 0.1) is 16.3 Å². The molecule has 4 heteroatoms. The molecular formula is C15H18FIN2. The highest BCUT2D eigenvalue weighted by molar-refractivity contribution is 14.1. The minimum atomic E-state index is -0.204. The molecule has 0 saturated heterocycles. The van der Waals surface area contributed by atoms with Crippen molar-refractivity contribution in [1.82, 2.24) is 4.98 Å². The normalized spacial score (nSPS) is 11.0. The predicted octanol–water partition coefficient (Wildman–Crippen LogP) is 4.67. The number of benzene rings is 1. The van der Waals surface area contributed by atoms with Crippen LogP contribution in [-0.2, 0) is 6.42 Å². The third-order valence-electron chi connectivity index (χ3n) is 3.22. The van der Waals surface area contributed by atoms with Crippen LogP contribution in [0.5, 0.6) is 0 Å². The van der Waals surface area contributed by atoms with Crippen molar-refractivity contribution in [2.75, 3.05) is 11.9 Å². The number of hydrogen-bond acceptors (Lipinski definition) is 2. The number of nitrogens with one attached hydrogen (secondary N) is 1. The van der Waals surface area contributed by atoms with Gasteiger partial charge in [0.05, 0.1) is 5.52 Å². The van der Waals surface area contributed by atoms with E-state index in [1.807, 2.05) is 6.92 Å². The van der Waals surface area contributed by atoms with Gasteiger partial charge in [-0.05, 0) is 60.1 Å². The van der Waals surface area contributed by atoms with Crippen molar-refractivity contribution >= 4 is 39.2 Å². The van der Waals surface area contributed by atoms with Crippen LogP contribution in [0.2, 0.25) is 0 Å². The molecule has 19 heavy (non-hydrogen) atoms. The maximum absolute atomic E-state index is 13.7. The summed E-state index contributed by atoms with van der Waals surface area (Å²) >= 11 is 2.15. The molecule has 1 heterocycles. The van der Waals surface area contributed by atoms with E-state index in [1.165, 1.54) is 11.6 Å². The van der Waals surface area contributed by atoms with Crippen molar-refractivity contribution in [3.05, 3.63) is 32.8 Å². The Kier molecular flexibility index (Phi) is 4.60. The zero-order chi connectivity index (χ0) is 14.0. The number of rotatable bonds is 4. The average Bonchev–Trinajstić information content (AvgIpc) is 2.37. The van der Waals surface area contributed by atoms with E-state index in [0.29, 0.717) is 0 Å². The molecule has 0 aliphatic carbocycles. The molecule has 1 aromatic carbocycles. The van der Waals surface area contributed by atoms with E-state index in [-0.39, 0.29) is 5.82 Å². The Morgan fingerprint density at radius 2 is 2.05 bits per heavy atom. The number of pyridine rings is 1. The highest BCUT2D eigenvalue weighted by atomic mass is 127. The Morgan fingerprint density at radius 3 is 2.68 bits per heavy atom. The van der Waals surface area contributed by atoms with Crippen molar-refractivity contribution in [1.29, 1.82) is 0 Å². The second-order valence-electron chi connectivity index (χ2n) is 4.61. The van der Waals surface area contributed by atoms with Gasteiger partial charge < -0.3 is 5.32 Å². The summed E-state index contributed by atoms with van der Waals surface area (Å²) in [7, 11) is 0. The number of nitrogens with zero attached hydrogens (tertiary/aromatic N) is 1. The zero-order valence-electron chi connectivity index (χ0n) is 11.5. The summed E-state index contributed by atoms with van der Waals surface area (Å²) in [6.45, 7) is 7.14. The minimum absolute atomic E-state index is 0.204. The van der Waals surface area contributed by atoms with Crippen molar-refractivity contribution in [3.8, 4) is 0 Å². The van der Waals surface area contributed by atoms with Crippen LogP contribution in [-0.4, -0.2) is 11.5 Å². The van der Waals surface area contributed by atoms with Crippen LogP contribution in [0.3, 0.4) is 0 Å². The van der Waals surface area contributed by atoms with Gasteiger partial charge in [-0.1, -0.05) is 13.8 Å². The van der Waals surface area contributed by atoms with E-state index >= 15 is 0 Å². The number of aromatic nitrogens is 1. The molecule has 2 rings (SSSR count). The molecule has 0 bridgehead atoms. The SMILES string of the molecule is CCCNc1c(CC)c(C)nc2c(I)cc(F)cc12. The fourth-order valence-electron chi connectivity index (χ4n) is 2.33. The molecule has 0 unspecified atom stereocenters. The number of aryl methyl sites for hydroxylation is 1. The first-order valence-corrected chi connectivity index (χ1v) is 7.68. The fraction of sp³-hybridized carbons (Fsp3) is 0.400. The number of hydrogen-bond donors (Lipinski definition) is 1. The third kappa shape index (κ3) is 2.83. The Morgan fingerprint density at radius 1 is 1.32 bits per heavy atom. The number of anilines is 1. The Hall–Kier alpha value is -0.910. The average molecular weight is 372 g/mol. The van der Waals surface area contributed by atoms with E-state index in [0.717, 1.165) is 45.2 Å². The smallest absolute Gasteiger partial charge is 0.125 e. The molecule has 2 nitrogen and oxygen atoms in total. The van der Waals surface area contributed by atoms with Crippen molar-refractivity contribution in [2.24, 2.45) is 0 Å². The monoisotopic (exact) mass is 372 g/mol. The molecule has 0 saturated carbocycles. The molecule has 0 aliphatic heterocycles. The standard InChI is InChI=1S/C15H18FIN2/c1-4-6-18-14-11(5-2)9(3)19-15-12(14)7-10(16)8-13(15)17/h7-8H,4-6H2,1-3H3,(H,18,19). The summed E-state index contributed by atoms with van der Waals surface area (Å²) in [4.78, 5) is 4.64. The molecule has 0 spiro atoms. The minimum Gasteiger partial charge on any atom is -0.384 e. The van der Waals surface area contributed by atoms with Crippen LogP contribution in [0.15, 0.2) is 12.1 Å². The Bertz CT molecular complexity index is 611. The molecule has 0 fully saturated rings. The number of halogens is 2. The van der Waals surface area contributed by atoms with Gasteiger partial charge in [0.2, 0.25) is 0 Å². The molecule has 0 radical (unpaired) electrons. The molecule has 2 aromatic rings. The lowest BCUT2D eigenvalue weighted by atomic mass is 10.0. The maximum Gasteiger partial charge on any atom is 0.125 e. The number of fused-ring (bicyclic) bond motifs is 1. The van der Waals surface area contributed by atoms with Gasteiger partial charge in [-0.3, -0.25) is 4.98 Å². The first-order valence-electron chi connectivity index (χ1n) is 6.60. The Balaban J connectivity index is 2.76. The van der Waals surface area contributed by atoms with Gasteiger partial charge in [0, 0.05) is 26.9 Å². The highest BCUT2D eigenvalue weighted by Gasteiger charge is 2.14. The second kappa shape index (κ2) is 6.03. The largest absolute Gasteiger partial charge is 0.384 e. The van der Waals surface area contributed by atoms with E-state index in [1.54, 1.807) is 6.07 Å². The molecule has 1 N–H and O–H groups in total. The van der Waals surface area contributed by atoms with Gasteiger partial charge in [-0.25, -0.2) is 4.39 Å². The molecule has 1 aromatic heterocycles. The zero-order valence-corrected chi connectivity index (χ0v) is 13.6. The summed E-state index contributed by atoms with van der Waals surface area (Å²) in [5, 5.41) is 4.33. The molecule has 0 aliphatic rings. The summed E-state index contributed by atoms with van der Waals surface area (Å²) in [5.41, 5.74) is 4.14. The lowest BCUT2D eigenvalue weighted by molar-refractivity contribution is 0.628. The predicted molar refractivity (Wildman–Crippen MR) is 87.3 cm³/mol. The van der Waals surface area contributed by atoms with Crippen molar-refractivity contribution < 1.29 is 4.39 Å². The van der Waals surface area contributed by atoms with Gasteiger partial charge >= 0.3 is 0 Å². The third-order valence-corrected chi connectivity index (χ3v) is 4.04. The first-order chi connectivity index (χ1) is 9.08. The van der Waals surface area contributed by atoms with Crippen LogP contribution in [0.1, 0.15) is 31.5 Å². The summed E-state index contributed by atoms with van der Waals surface area (Å²) in [6, 6.07) is 3.12. The lowest BCUT2D eigenvalue weighted by Gasteiger charge is -2.16. The summed E-state index contributed by atoms with van der Waals surface area (Å²) in [5.74, 6) is -0.204. The van der Waals surface area contributed by atoms with Crippen LogP contribution >= 0.6 is 22.6 Å². The van der Waals surface area contributed by atoms with E-state index in [4.69, 9.17) is 0 Å². The van der Waals surface area contributed by atoms with Gasteiger partial charge in [0.25, 0.3) is 0 Å². The fourth-order valence-corrected chi connectivity index (χ4v) is 3.04. The van der Waals surface area contributed by atoms with Crippen molar-refractivity contribution in [3.63, 3.8) is 0 Å². The van der Waals surface area contributed by atoms with Crippen LogP contribution < -0.4 is 5.32 Å². The molecule has 0 amide bonds. The van der Waals surface area contributed by atoms with Crippen molar-refractivity contribution in [2.45, 2.75) is 33.6 Å². The van der Waals surface area contributed by atoms with E-state index in [2.05, 4.69) is 46.7 Å². The summed E-state index contributed by atoms with van der Waals surface area (Å²) < 4.78 is 14.5. The lowest BCUT2D eigenvalue weighted by Crippen LogP contribution is -2.07. The highest BCUT2D eigenvalue weighted by Crippen LogP contribution is 2.32. The Labute approximate surface area is 126 Å². The molecular weight excluding hydrogens is 354 g/mol. The second-order valence-corrected chi connectivity index (χ2v) is 5.78. The quantitative estimate of drug-likeness (QED) is 0.789. The topological polar surface area (TPSA) is 24.9 Å². The maximum atomic E-state index is 13.7. The van der Waals surface area contributed by atoms with Crippen LogP contribution in [0.4, 0.5) is 10.1 Å². The van der Waals surface area contributed by atoms with Crippen LogP contribution in [0.25, 0.3) is 10.9 Å². The first kappa shape index (κ1) is 14.5.